The van der Waals surface area contributed by atoms with Crippen molar-refractivity contribution < 1.29 is 14.0 Å². The van der Waals surface area contributed by atoms with Crippen molar-refractivity contribution in [3.05, 3.63) is 59.6 Å². The lowest BCUT2D eigenvalue weighted by Crippen LogP contribution is -2.38. The minimum absolute atomic E-state index is 0.273. The van der Waals surface area contributed by atoms with Gasteiger partial charge in [0.25, 0.3) is 0 Å². The van der Waals surface area contributed by atoms with Gasteiger partial charge in [0, 0.05) is 49.1 Å². The first kappa shape index (κ1) is 16.3. The number of ether oxygens (including phenoxy) is 2. The highest BCUT2D eigenvalue weighted by molar-refractivity contribution is 5.67. The lowest BCUT2D eigenvalue weighted by Gasteiger charge is -2.32. The van der Waals surface area contributed by atoms with Gasteiger partial charge < -0.3 is 14.0 Å². The Morgan fingerprint density at radius 3 is 3.00 bits per heavy atom. The molecule has 0 amide bonds. The Bertz CT molecular complexity index is 955. The van der Waals surface area contributed by atoms with Crippen LogP contribution in [0.4, 0.5) is 0 Å². The molecule has 0 radical (unpaired) electrons. The van der Waals surface area contributed by atoms with E-state index in [1.807, 2.05) is 36.7 Å². The molecule has 2 aliphatic heterocycles. The Kier molecular flexibility index (Phi) is 4.05. The van der Waals surface area contributed by atoms with E-state index in [1.54, 1.807) is 0 Å². The molecule has 0 saturated heterocycles. The minimum Gasteiger partial charge on any atom is -0.454 e. The van der Waals surface area contributed by atoms with Gasteiger partial charge in [-0.25, -0.2) is 0 Å². The summed E-state index contributed by atoms with van der Waals surface area (Å²) in [5, 5.41) is 4.36. The highest BCUT2D eigenvalue weighted by Crippen LogP contribution is 2.38. The molecule has 0 unspecified atom stereocenters. The van der Waals surface area contributed by atoms with E-state index in [0.717, 1.165) is 54.4 Å². The van der Waals surface area contributed by atoms with Crippen LogP contribution in [0.2, 0.25) is 0 Å². The second kappa shape index (κ2) is 6.70. The van der Waals surface area contributed by atoms with E-state index >= 15 is 0 Å². The van der Waals surface area contributed by atoms with Crippen LogP contribution in [0, 0.1) is 0 Å². The summed E-state index contributed by atoms with van der Waals surface area (Å²) in [5.41, 5.74) is 4.35. The van der Waals surface area contributed by atoms with E-state index in [-0.39, 0.29) is 6.79 Å². The van der Waals surface area contributed by atoms with E-state index in [0.29, 0.717) is 6.04 Å². The highest BCUT2D eigenvalue weighted by atomic mass is 16.7. The molecule has 138 valence electrons. The van der Waals surface area contributed by atoms with Crippen LogP contribution >= 0.6 is 0 Å². The molecule has 5 rings (SSSR count). The van der Waals surface area contributed by atoms with Gasteiger partial charge in [-0.05, 0) is 43.2 Å². The average molecular weight is 363 g/mol. The lowest BCUT2D eigenvalue weighted by molar-refractivity contribution is 0.174. The molecule has 27 heavy (non-hydrogen) atoms. The standard InChI is InChI=1S/C21H21N3O3/c1-14(9-15-3-2-7-22-11-15)24-8-6-18-17(12-24)21(23-27-18)16-4-5-19-20(10-16)26-13-25-19/h2-5,7,10-11,14H,6,8-9,12-13H2,1H3/t14-/m1/s1. The van der Waals surface area contributed by atoms with Crippen LogP contribution in [-0.2, 0) is 19.4 Å². The van der Waals surface area contributed by atoms with Gasteiger partial charge in [-0.15, -0.1) is 0 Å². The van der Waals surface area contributed by atoms with Gasteiger partial charge >= 0.3 is 0 Å². The van der Waals surface area contributed by atoms with Crippen molar-refractivity contribution in [1.29, 1.82) is 0 Å². The number of aromatic nitrogens is 2. The topological polar surface area (TPSA) is 60.6 Å². The summed E-state index contributed by atoms with van der Waals surface area (Å²) in [6, 6.07) is 10.5. The van der Waals surface area contributed by atoms with Crippen molar-refractivity contribution in [2.24, 2.45) is 0 Å². The molecule has 6 nitrogen and oxygen atoms in total. The van der Waals surface area contributed by atoms with Crippen LogP contribution in [-0.4, -0.2) is 34.4 Å². The van der Waals surface area contributed by atoms with E-state index in [1.165, 1.54) is 11.1 Å². The Balaban J connectivity index is 1.38. The van der Waals surface area contributed by atoms with Crippen LogP contribution in [0.15, 0.2) is 47.2 Å². The van der Waals surface area contributed by atoms with E-state index < -0.39 is 0 Å². The Morgan fingerprint density at radius 2 is 2.11 bits per heavy atom. The largest absolute Gasteiger partial charge is 0.454 e. The molecule has 0 N–H and O–H groups in total. The summed E-state index contributed by atoms with van der Waals surface area (Å²) in [7, 11) is 0. The molecule has 4 heterocycles. The molecule has 0 saturated carbocycles. The first-order valence-electron chi connectivity index (χ1n) is 9.28. The number of fused-ring (bicyclic) bond motifs is 2. The molecular formula is C21H21N3O3. The molecule has 0 aliphatic carbocycles. The van der Waals surface area contributed by atoms with Gasteiger partial charge in [0.05, 0.1) is 0 Å². The maximum atomic E-state index is 5.65. The zero-order valence-corrected chi connectivity index (χ0v) is 15.2. The SMILES string of the molecule is C[C@H](Cc1cccnc1)N1CCc2onc(-c3ccc4c(c3)OCO4)c2C1. The molecule has 1 aromatic carbocycles. The molecule has 1 atom stereocenters. The Morgan fingerprint density at radius 1 is 1.19 bits per heavy atom. The molecule has 2 aliphatic rings. The molecule has 0 spiro atoms. The number of nitrogens with zero attached hydrogens (tertiary/aromatic N) is 3. The number of pyridine rings is 1. The fraction of sp³-hybridized carbons (Fsp3) is 0.333. The summed E-state index contributed by atoms with van der Waals surface area (Å²) in [6.07, 6.45) is 5.62. The summed E-state index contributed by atoms with van der Waals surface area (Å²) >= 11 is 0. The van der Waals surface area contributed by atoms with Gasteiger partial charge in [0.2, 0.25) is 6.79 Å². The molecule has 0 bridgehead atoms. The van der Waals surface area contributed by atoms with Crippen molar-refractivity contribution in [2.75, 3.05) is 13.3 Å². The van der Waals surface area contributed by atoms with Crippen molar-refractivity contribution in [2.45, 2.75) is 32.4 Å². The van der Waals surface area contributed by atoms with Crippen molar-refractivity contribution in [1.82, 2.24) is 15.0 Å². The van der Waals surface area contributed by atoms with Gasteiger partial charge in [-0.3, -0.25) is 9.88 Å². The molecular weight excluding hydrogens is 342 g/mol. The molecule has 6 heteroatoms. The quantitative estimate of drug-likeness (QED) is 0.708. The fourth-order valence-electron chi connectivity index (χ4n) is 3.87. The summed E-state index contributed by atoms with van der Waals surface area (Å²) < 4.78 is 16.6. The maximum absolute atomic E-state index is 5.65. The molecule has 2 aromatic heterocycles. The molecule has 3 aromatic rings. The van der Waals surface area contributed by atoms with Crippen molar-refractivity contribution in [3.63, 3.8) is 0 Å². The van der Waals surface area contributed by atoms with E-state index in [2.05, 4.69) is 28.0 Å². The smallest absolute Gasteiger partial charge is 0.231 e. The van der Waals surface area contributed by atoms with Gasteiger partial charge in [-0.2, -0.15) is 0 Å². The predicted octanol–water partition coefficient (Wildman–Crippen LogP) is 3.45. The maximum Gasteiger partial charge on any atom is 0.231 e. The second-order valence-electron chi connectivity index (χ2n) is 7.14. The minimum atomic E-state index is 0.273. The van der Waals surface area contributed by atoms with E-state index in [4.69, 9.17) is 14.0 Å². The predicted molar refractivity (Wildman–Crippen MR) is 99.6 cm³/mol. The number of hydrogen-bond donors (Lipinski definition) is 0. The van der Waals surface area contributed by atoms with Crippen molar-refractivity contribution in [3.8, 4) is 22.8 Å². The van der Waals surface area contributed by atoms with Gasteiger partial charge in [-0.1, -0.05) is 11.2 Å². The fourth-order valence-corrected chi connectivity index (χ4v) is 3.87. The van der Waals surface area contributed by atoms with Crippen molar-refractivity contribution >= 4 is 0 Å². The first-order chi connectivity index (χ1) is 13.3. The number of benzene rings is 1. The van der Waals surface area contributed by atoms with E-state index in [9.17, 15) is 0 Å². The third-order valence-corrected chi connectivity index (χ3v) is 5.38. The van der Waals surface area contributed by atoms with Crippen LogP contribution in [0.25, 0.3) is 11.3 Å². The zero-order valence-electron chi connectivity index (χ0n) is 15.2. The molecule has 0 fully saturated rings. The second-order valence-corrected chi connectivity index (χ2v) is 7.14. The third-order valence-electron chi connectivity index (χ3n) is 5.38. The summed E-state index contributed by atoms with van der Waals surface area (Å²) in [5.74, 6) is 2.54. The van der Waals surface area contributed by atoms with Crippen LogP contribution in [0.1, 0.15) is 23.8 Å². The third kappa shape index (κ3) is 3.06. The highest BCUT2D eigenvalue weighted by Gasteiger charge is 2.28. The monoisotopic (exact) mass is 363 g/mol. The number of rotatable bonds is 4. The summed E-state index contributed by atoms with van der Waals surface area (Å²) in [6.45, 7) is 4.36. The zero-order chi connectivity index (χ0) is 18.2. The average Bonchev–Trinajstić information content (AvgIpc) is 3.34. The Hall–Kier alpha value is -2.86. The first-order valence-corrected chi connectivity index (χ1v) is 9.28. The lowest BCUT2D eigenvalue weighted by atomic mass is 9.98. The van der Waals surface area contributed by atoms with Crippen LogP contribution < -0.4 is 9.47 Å². The van der Waals surface area contributed by atoms with Gasteiger partial charge in [0.15, 0.2) is 11.5 Å². The normalized spacial score (nSPS) is 16.9. The van der Waals surface area contributed by atoms with Gasteiger partial charge in [0.1, 0.15) is 11.5 Å². The van der Waals surface area contributed by atoms with Crippen LogP contribution in [0.3, 0.4) is 0 Å². The van der Waals surface area contributed by atoms with Crippen LogP contribution in [0.5, 0.6) is 11.5 Å². The Labute approximate surface area is 157 Å². The summed E-state index contributed by atoms with van der Waals surface area (Å²) in [4.78, 5) is 6.72. The number of hydrogen-bond acceptors (Lipinski definition) is 6.